The van der Waals surface area contributed by atoms with Crippen LogP contribution in [0.1, 0.15) is 31.2 Å². The summed E-state index contributed by atoms with van der Waals surface area (Å²) in [5, 5.41) is 26.7. The molecule has 0 spiro atoms. The summed E-state index contributed by atoms with van der Waals surface area (Å²) in [5.41, 5.74) is 5.27. The van der Waals surface area contributed by atoms with Crippen LogP contribution in [0.3, 0.4) is 0 Å². The van der Waals surface area contributed by atoms with Crippen LogP contribution < -0.4 is 4.73 Å². The summed E-state index contributed by atoms with van der Waals surface area (Å²) in [6, 6.07) is 16.4. The lowest BCUT2D eigenvalue weighted by Gasteiger charge is -2.10. The maximum absolute atomic E-state index is 12.2. The van der Waals surface area contributed by atoms with Crippen LogP contribution in [0.25, 0.3) is 33.9 Å². The highest BCUT2D eigenvalue weighted by molar-refractivity contribution is 5.80. The van der Waals surface area contributed by atoms with Crippen molar-refractivity contribution in [2.24, 2.45) is 0 Å². The number of aryl methyl sites for hydroxylation is 1. The first kappa shape index (κ1) is 21.4. The van der Waals surface area contributed by atoms with Gasteiger partial charge in [-0.3, -0.25) is 4.98 Å². The van der Waals surface area contributed by atoms with Crippen molar-refractivity contribution < 1.29 is 4.73 Å². The standard InChI is InChI=1S/C25H24N8O/c1-2-3-8-24-27-22(23-15-26-13-14-33(23)34)17-32(24)16-18-9-11-19(12-10-18)20-6-4-5-7-21(20)25-28-30-31-29-25/h4-7,9-15,17H,2-3,8,16H2,1H3,(H,28,29,30,31). The number of tetrazole rings is 1. The second-order valence-corrected chi connectivity index (χ2v) is 8.04. The van der Waals surface area contributed by atoms with Crippen molar-refractivity contribution in [3.63, 3.8) is 0 Å². The van der Waals surface area contributed by atoms with Gasteiger partial charge in [-0.15, -0.1) is 10.2 Å². The lowest BCUT2D eigenvalue weighted by Crippen LogP contribution is -2.28. The van der Waals surface area contributed by atoms with Crippen molar-refractivity contribution in [2.45, 2.75) is 32.7 Å². The van der Waals surface area contributed by atoms with E-state index in [0.29, 0.717) is 23.8 Å². The van der Waals surface area contributed by atoms with Crippen LogP contribution in [0.2, 0.25) is 0 Å². The average molecular weight is 453 g/mol. The number of imidazole rings is 1. The smallest absolute Gasteiger partial charge is 0.262 e. The average Bonchev–Trinajstić information content (AvgIpc) is 3.54. The molecule has 5 rings (SSSR count). The predicted molar refractivity (Wildman–Crippen MR) is 127 cm³/mol. The molecular formula is C25H24N8O. The molecule has 0 aliphatic rings. The van der Waals surface area contributed by atoms with Crippen molar-refractivity contribution in [1.82, 2.24) is 35.2 Å². The molecule has 0 aliphatic carbocycles. The van der Waals surface area contributed by atoms with E-state index in [4.69, 9.17) is 4.98 Å². The first-order valence-electron chi connectivity index (χ1n) is 11.2. The van der Waals surface area contributed by atoms with E-state index in [2.05, 4.69) is 67.4 Å². The quantitative estimate of drug-likeness (QED) is 0.283. The summed E-state index contributed by atoms with van der Waals surface area (Å²) in [4.78, 5) is 8.85. The highest BCUT2D eigenvalue weighted by Crippen LogP contribution is 2.30. The van der Waals surface area contributed by atoms with Crippen LogP contribution in [0.4, 0.5) is 0 Å². The molecule has 3 aromatic heterocycles. The SMILES string of the molecule is CCCCc1nc(-c2cncc[n+]2[O-])cn1Cc1ccc(-c2ccccc2-c2nn[nH]n2)cc1. The van der Waals surface area contributed by atoms with Gasteiger partial charge in [0.05, 0.1) is 6.20 Å². The summed E-state index contributed by atoms with van der Waals surface area (Å²) >= 11 is 0. The molecule has 0 saturated carbocycles. The number of hydrogen-bond donors (Lipinski definition) is 1. The number of benzene rings is 2. The van der Waals surface area contributed by atoms with Gasteiger partial charge < -0.3 is 9.77 Å². The maximum atomic E-state index is 12.2. The monoisotopic (exact) mass is 452 g/mol. The van der Waals surface area contributed by atoms with Crippen LogP contribution in [0, 0.1) is 5.21 Å². The van der Waals surface area contributed by atoms with Gasteiger partial charge in [-0.05, 0) is 28.3 Å². The minimum atomic E-state index is 0.451. The number of hydrogen-bond acceptors (Lipinski definition) is 6. The number of unbranched alkanes of at least 4 members (excludes halogenated alkanes) is 1. The Labute approximate surface area is 196 Å². The van der Waals surface area contributed by atoms with Gasteiger partial charge in [0.2, 0.25) is 5.82 Å². The fourth-order valence-corrected chi connectivity index (χ4v) is 3.97. The first-order chi connectivity index (χ1) is 16.7. The van der Waals surface area contributed by atoms with Crippen molar-refractivity contribution in [1.29, 1.82) is 0 Å². The molecule has 0 bridgehead atoms. The van der Waals surface area contributed by atoms with Crippen molar-refractivity contribution >= 4 is 0 Å². The Morgan fingerprint density at radius 3 is 2.62 bits per heavy atom. The van der Waals surface area contributed by atoms with Crippen LogP contribution in [0.15, 0.2) is 73.3 Å². The third kappa shape index (κ3) is 4.40. The van der Waals surface area contributed by atoms with E-state index in [-0.39, 0.29) is 0 Å². The van der Waals surface area contributed by atoms with Crippen LogP contribution >= 0.6 is 0 Å². The molecule has 0 saturated heterocycles. The molecule has 9 nitrogen and oxygen atoms in total. The molecule has 1 N–H and O–H groups in total. The highest BCUT2D eigenvalue weighted by Gasteiger charge is 2.16. The molecule has 9 heteroatoms. The maximum Gasteiger partial charge on any atom is 0.262 e. The van der Waals surface area contributed by atoms with E-state index in [0.717, 1.165) is 52.1 Å². The number of aromatic amines is 1. The molecule has 0 amide bonds. The Hall–Kier alpha value is -4.40. The predicted octanol–water partition coefficient (Wildman–Crippen LogP) is 3.82. The molecule has 0 fully saturated rings. The number of rotatable bonds is 8. The number of nitrogens with one attached hydrogen (secondary N) is 1. The van der Waals surface area contributed by atoms with E-state index in [1.54, 1.807) is 6.20 Å². The molecule has 0 unspecified atom stereocenters. The largest absolute Gasteiger partial charge is 0.618 e. The summed E-state index contributed by atoms with van der Waals surface area (Å²) in [5.74, 6) is 1.53. The zero-order valence-corrected chi connectivity index (χ0v) is 18.8. The van der Waals surface area contributed by atoms with E-state index >= 15 is 0 Å². The summed E-state index contributed by atoms with van der Waals surface area (Å²) in [7, 11) is 0. The summed E-state index contributed by atoms with van der Waals surface area (Å²) in [6.45, 7) is 2.82. The first-order valence-corrected chi connectivity index (χ1v) is 11.2. The molecule has 0 radical (unpaired) electrons. The normalized spacial score (nSPS) is 11.1. The van der Waals surface area contributed by atoms with Crippen LogP contribution in [0.5, 0.6) is 0 Å². The van der Waals surface area contributed by atoms with Crippen LogP contribution in [-0.2, 0) is 13.0 Å². The van der Waals surface area contributed by atoms with Crippen molar-refractivity contribution in [3.8, 4) is 33.9 Å². The van der Waals surface area contributed by atoms with Gasteiger partial charge in [0.25, 0.3) is 5.69 Å². The summed E-state index contributed by atoms with van der Waals surface area (Å²) in [6.07, 6.45) is 9.33. The van der Waals surface area contributed by atoms with E-state index in [1.807, 2.05) is 24.4 Å². The Bertz CT molecular complexity index is 1380. The third-order valence-electron chi connectivity index (χ3n) is 5.73. The van der Waals surface area contributed by atoms with Gasteiger partial charge in [0, 0.05) is 24.7 Å². The van der Waals surface area contributed by atoms with Gasteiger partial charge in [-0.25, -0.2) is 4.98 Å². The highest BCUT2D eigenvalue weighted by atomic mass is 16.5. The fourth-order valence-electron chi connectivity index (χ4n) is 3.97. The lowest BCUT2D eigenvalue weighted by atomic mass is 9.98. The van der Waals surface area contributed by atoms with E-state index in [9.17, 15) is 5.21 Å². The zero-order valence-electron chi connectivity index (χ0n) is 18.8. The zero-order chi connectivity index (χ0) is 23.3. The molecule has 0 aliphatic heterocycles. The lowest BCUT2D eigenvalue weighted by molar-refractivity contribution is -0.594. The molecule has 2 aromatic carbocycles. The number of H-pyrrole nitrogens is 1. The van der Waals surface area contributed by atoms with E-state index < -0.39 is 0 Å². The topological polar surface area (TPSA) is 112 Å². The second kappa shape index (κ2) is 9.62. The van der Waals surface area contributed by atoms with Gasteiger partial charge in [0.15, 0.2) is 11.9 Å². The Morgan fingerprint density at radius 1 is 1.06 bits per heavy atom. The molecule has 5 aromatic rings. The Balaban J connectivity index is 1.43. The van der Waals surface area contributed by atoms with Crippen molar-refractivity contribution in [3.05, 3.63) is 89.9 Å². The van der Waals surface area contributed by atoms with Gasteiger partial charge >= 0.3 is 0 Å². The molecular weight excluding hydrogens is 428 g/mol. The van der Waals surface area contributed by atoms with Gasteiger partial charge in [0.1, 0.15) is 12.0 Å². The Morgan fingerprint density at radius 2 is 1.88 bits per heavy atom. The molecule has 3 heterocycles. The van der Waals surface area contributed by atoms with Crippen LogP contribution in [-0.4, -0.2) is 35.2 Å². The summed E-state index contributed by atoms with van der Waals surface area (Å²) < 4.78 is 2.93. The molecule has 170 valence electrons. The number of nitrogens with zero attached hydrogens (tertiary/aromatic N) is 7. The molecule has 34 heavy (non-hydrogen) atoms. The minimum Gasteiger partial charge on any atom is -0.618 e. The van der Waals surface area contributed by atoms with Gasteiger partial charge in [-0.2, -0.15) is 9.94 Å². The van der Waals surface area contributed by atoms with Gasteiger partial charge in [-0.1, -0.05) is 61.9 Å². The fraction of sp³-hybridized carbons (Fsp3) is 0.200. The Kier molecular flexibility index (Phi) is 6.07. The van der Waals surface area contributed by atoms with Crippen molar-refractivity contribution in [2.75, 3.05) is 0 Å². The minimum absolute atomic E-state index is 0.451. The third-order valence-corrected chi connectivity index (χ3v) is 5.73. The van der Waals surface area contributed by atoms with E-state index in [1.165, 1.54) is 12.4 Å². The number of aromatic nitrogens is 8. The molecule has 0 atom stereocenters. The second-order valence-electron chi connectivity index (χ2n) is 8.04.